The summed E-state index contributed by atoms with van der Waals surface area (Å²) in [5, 5.41) is 6.25. The second-order valence-corrected chi connectivity index (χ2v) is 4.00. The number of hydrogen-bond donors (Lipinski definition) is 1. The molecule has 0 bridgehead atoms. The van der Waals surface area contributed by atoms with E-state index in [0.29, 0.717) is 5.88 Å². The van der Waals surface area contributed by atoms with Crippen molar-refractivity contribution in [2.24, 2.45) is 0 Å². The molecule has 1 N–H and O–H groups in total. The SMILES string of the molecule is CCCCN(CCCC)C(=O)Nc1ccno1. The van der Waals surface area contributed by atoms with Crippen molar-refractivity contribution in [2.45, 2.75) is 39.5 Å². The first-order chi connectivity index (χ1) is 8.27. The summed E-state index contributed by atoms with van der Waals surface area (Å²) < 4.78 is 4.85. The van der Waals surface area contributed by atoms with E-state index in [1.165, 1.54) is 6.20 Å². The highest BCUT2D eigenvalue weighted by atomic mass is 16.5. The highest BCUT2D eigenvalue weighted by Gasteiger charge is 2.13. The summed E-state index contributed by atoms with van der Waals surface area (Å²) in [5.41, 5.74) is 0. The van der Waals surface area contributed by atoms with Gasteiger partial charge < -0.3 is 9.42 Å². The van der Waals surface area contributed by atoms with E-state index in [1.807, 2.05) is 4.90 Å². The maximum atomic E-state index is 11.9. The second kappa shape index (κ2) is 7.70. The van der Waals surface area contributed by atoms with E-state index >= 15 is 0 Å². The first-order valence-electron chi connectivity index (χ1n) is 6.24. The van der Waals surface area contributed by atoms with Crippen molar-refractivity contribution in [2.75, 3.05) is 18.4 Å². The highest BCUT2D eigenvalue weighted by Crippen LogP contribution is 2.07. The van der Waals surface area contributed by atoms with Crippen molar-refractivity contribution in [3.05, 3.63) is 12.3 Å². The average Bonchev–Trinajstić information content (AvgIpc) is 2.82. The van der Waals surface area contributed by atoms with E-state index in [0.717, 1.165) is 38.8 Å². The Morgan fingerprint density at radius 2 is 2.00 bits per heavy atom. The number of carbonyl (C=O) groups excluding carboxylic acids is 1. The Labute approximate surface area is 102 Å². The van der Waals surface area contributed by atoms with Crippen molar-refractivity contribution in [1.29, 1.82) is 0 Å². The second-order valence-electron chi connectivity index (χ2n) is 4.00. The highest BCUT2D eigenvalue weighted by molar-refractivity contribution is 5.87. The van der Waals surface area contributed by atoms with Crippen LogP contribution in [0.2, 0.25) is 0 Å². The lowest BCUT2D eigenvalue weighted by Gasteiger charge is -2.21. The lowest BCUT2D eigenvalue weighted by molar-refractivity contribution is 0.209. The van der Waals surface area contributed by atoms with Crippen LogP contribution in [0.3, 0.4) is 0 Å². The molecule has 1 heterocycles. The van der Waals surface area contributed by atoms with Crippen LogP contribution < -0.4 is 5.32 Å². The fraction of sp³-hybridized carbons (Fsp3) is 0.667. The van der Waals surface area contributed by atoms with E-state index < -0.39 is 0 Å². The third-order valence-corrected chi connectivity index (χ3v) is 2.52. The standard InChI is InChI=1S/C12H21N3O2/c1-3-5-9-15(10-6-4-2)12(16)14-11-7-8-13-17-11/h7-8H,3-6,9-10H2,1-2H3,(H,14,16). The van der Waals surface area contributed by atoms with Crippen LogP contribution in [0.1, 0.15) is 39.5 Å². The molecule has 5 heteroatoms. The number of rotatable bonds is 7. The Bertz CT molecular complexity index is 304. The number of nitrogens with one attached hydrogen (secondary N) is 1. The smallest absolute Gasteiger partial charge is 0.324 e. The summed E-state index contributed by atoms with van der Waals surface area (Å²) in [5.74, 6) is 0.396. The summed E-state index contributed by atoms with van der Waals surface area (Å²) in [6.45, 7) is 5.81. The van der Waals surface area contributed by atoms with E-state index in [4.69, 9.17) is 4.52 Å². The van der Waals surface area contributed by atoms with Crippen LogP contribution in [0, 0.1) is 0 Å². The summed E-state index contributed by atoms with van der Waals surface area (Å²) in [6.07, 6.45) is 5.72. The number of anilines is 1. The normalized spacial score (nSPS) is 10.2. The van der Waals surface area contributed by atoms with Gasteiger partial charge >= 0.3 is 6.03 Å². The Hall–Kier alpha value is -1.52. The van der Waals surface area contributed by atoms with Gasteiger partial charge in [0.25, 0.3) is 0 Å². The van der Waals surface area contributed by atoms with Crippen LogP contribution in [0.5, 0.6) is 0 Å². The van der Waals surface area contributed by atoms with Crippen molar-refractivity contribution in [3.63, 3.8) is 0 Å². The molecule has 17 heavy (non-hydrogen) atoms. The van der Waals surface area contributed by atoms with E-state index in [2.05, 4.69) is 24.3 Å². The van der Waals surface area contributed by atoms with Gasteiger partial charge in [-0.05, 0) is 12.8 Å². The van der Waals surface area contributed by atoms with Crippen molar-refractivity contribution in [3.8, 4) is 0 Å². The molecule has 0 aliphatic rings. The minimum absolute atomic E-state index is 0.108. The molecule has 5 nitrogen and oxygen atoms in total. The molecule has 0 saturated carbocycles. The number of urea groups is 1. The molecule has 0 atom stereocenters. The van der Waals surface area contributed by atoms with Crippen LogP contribution in [0.4, 0.5) is 10.7 Å². The van der Waals surface area contributed by atoms with Gasteiger partial charge in [-0.2, -0.15) is 0 Å². The number of nitrogens with zero attached hydrogens (tertiary/aromatic N) is 2. The van der Waals surface area contributed by atoms with Crippen LogP contribution in [0.25, 0.3) is 0 Å². The lowest BCUT2D eigenvalue weighted by Crippen LogP contribution is -2.36. The fourth-order valence-electron chi connectivity index (χ4n) is 1.48. The van der Waals surface area contributed by atoms with Crippen LogP contribution in [-0.2, 0) is 0 Å². The predicted molar refractivity (Wildman–Crippen MR) is 66.9 cm³/mol. The Morgan fingerprint density at radius 3 is 2.47 bits per heavy atom. The molecule has 0 spiro atoms. The van der Waals surface area contributed by atoms with Crippen LogP contribution >= 0.6 is 0 Å². The molecule has 0 saturated heterocycles. The van der Waals surface area contributed by atoms with Gasteiger partial charge in [0, 0.05) is 19.2 Å². The van der Waals surface area contributed by atoms with E-state index in [1.54, 1.807) is 6.07 Å². The summed E-state index contributed by atoms with van der Waals surface area (Å²) in [7, 11) is 0. The van der Waals surface area contributed by atoms with E-state index in [9.17, 15) is 4.79 Å². The maximum absolute atomic E-state index is 11.9. The molecule has 0 radical (unpaired) electrons. The van der Waals surface area contributed by atoms with Crippen molar-refractivity contribution >= 4 is 11.9 Å². The van der Waals surface area contributed by atoms with E-state index in [-0.39, 0.29) is 6.03 Å². The quantitative estimate of drug-likeness (QED) is 0.795. The zero-order chi connectivity index (χ0) is 12.5. The Balaban J connectivity index is 2.46. The number of amides is 2. The molecule has 0 aliphatic heterocycles. The number of carbonyl (C=O) groups is 1. The number of unbranched alkanes of at least 4 members (excludes halogenated alkanes) is 2. The molecule has 0 fully saturated rings. The summed E-state index contributed by atoms with van der Waals surface area (Å²) in [6, 6.07) is 1.53. The molecule has 0 aromatic carbocycles. The molecule has 96 valence electrons. The molecule has 1 aromatic heterocycles. The van der Waals surface area contributed by atoms with Gasteiger partial charge in [0.1, 0.15) is 0 Å². The third-order valence-electron chi connectivity index (χ3n) is 2.52. The van der Waals surface area contributed by atoms with Gasteiger partial charge in [-0.1, -0.05) is 31.8 Å². The molecular formula is C12H21N3O2. The summed E-state index contributed by atoms with van der Waals surface area (Å²) >= 11 is 0. The van der Waals surface area contributed by atoms with Gasteiger partial charge in [-0.25, -0.2) is 4.79 Å². The minimum atomic E-state index is -0.108. The first kappa shape index (κ1) is 13.5. The van der Waals surface area contributed by atoms with Crippen LogP contribution in [-0.4, -0.2) is 29.2 Å². The average molecular weight is 239 g/mol. The lowest BCUT2D eigenvalue weighted by atomic mass is 10.3. The van der Waals surface area contributed by atoms with Gasteiger partial charge in [-0.15, -0.1) is 0 Å². The zero-order valence-corrected chi connectivity index (χ0v) is 10.6. The molecule has 2 amide bonds. The Morgan fingerprint density at radius 1 is 1.35 bits per heavy atom. The zero-order valence-electron chi connectivity index (χ0n) is 10.6. The van der Waals surface area contributed by atoms with Gasteiger partial charge in [0.05, 0.1) is 6.20 Å². The first-order valence-corrected chi connectivity index (χ1v) is 6.24. The molecular weight excluding hydrogens is 218 g/mol. The minimum Gasteiger partial charge on any atom is -0.338 e. The largest absolute Gasteiger partial charge is 0.338 e. The number of hydrogen-bond acceptors (Lipinski definition) is 3. The number of aromatic nitrogens is 1. The monoisotopic (exact) mass is 239 g/mol. The predicted octanol–water partition coefficient (Wildman–Crippen LogP) is 3.11. The van der Waals surface area contributed by atoms with Gasteiger partial charge in [0.15, 0.2) is 0 Å². The Kier molecular flexibility index (Phi) is 6.14. The molecule has 1 aromatic rings. The van der Waals surface area contributed by atoms with Crippen LogP contribution in [0.15, 0.2) is 16.8 Å². The summed E-state index contributed by atoms with van der Waals surface area (Å²) in [4.78, 5) is 13.8. The van der Waals surface area contributed by atoms with Crippen molar-refractivity contribution in [1.82, 2.24) is 10.1 Å². The van der Waals surface area contributed by atoms with Gasteiger partial charge in [0.2, 0.25) is 5.88 Å². The molecule has 0 aliphatic carbocycles. The molecule has 1 rings (SSSR count). The topological polar surface area (TPSA) is 58.4 Å². The maximum Gasteiger partial charge on any atom is 0.324 e. The van der Waals surface area contributed by atoms with Gasteiger partial charge in [-0.3, -0.25) is 5.32 Å². The fourth-order valence-corrected chi connectivity index (χ4v) is 1.48. The third kappa shape index (κ3) is 4.89. The molecule has 0 unspecified atom stereocenters. The van der Waals surface area contributed by atoms with Crippen molar-refractivity contribution < 1.29 is 9.32 Å².